The summed E-state index contributed by atoms with van der Waals surface area (Å²) in [6.45, 7) is 4.31. The van der Waals surface area contributed by atoms with Crippen LogP contribution in [0.2, 0.25) is 0 Å². The first kappa shape index (κ1) is 25.6. The van der Waals surface area contributed by atoms with Crippen molar-refractivity contribution in [2.45, 2.75) is 25.9 Å². The lowest BCUT2D eigenvalue weighted by Gasteiger charge is -2.29. The van der Waals surface area contributed by atoms with Crippen LogP contribution < -0.4 is 24.6 Å². The van der Waals surface area contributed by atoms with E-state index < -0.39 is 0 Å². The highest BCUT2D eigenvalue weighted by Gasteiger charge is 2.43. The van der Waals surface area contributed by atoms with Crippen LogP contribution in [0.5, 0.6) is 11.5 Å². The fourth-order valence-electron chi connectivity index (χ4n) is 5.30. The average Bonchev–Trinajstić information content (AvgIpc) is 3.43. The number of hydrogen-bond donors (Lipinski definition) is 1. The normalized spacial score (nSPS) is 16.9. The predicted octanol–water partition coefficient (Wildman–Crippen LogP) is 5.75. The monoisotopic (exact) mass is 527 g/mol. The number of rotatable bonds is 7. The van der Waals surface area contributed by atoms with E-state index in [9.17, 15) is 0 Å². The minimum Gasteiger partial charge on any atom is -0.497 e. The molecule has 1 fully saturated rings. The second kappa shape index (κ2) is 10.4. The zero-order chi connectivity index (χ0) is 27.0. The highest BCUT2D eigenvalue weighted by molar-refractivity contribution is 7.80. The minimum absolute atomic E-state index is 0.152. The number of nitrogens with zero attached hydrogens (tertiary/aromatic N) is 4. The topological polar surface area (TPSA) is 54.8 Å². The summed E-state index contributed by atoms with van der Waals surface area (Å²) in [5.41, 5.74) is 7.54. The Morgan fingerprint density at radius 3 is 2.34 bits per heavy atom. The largest absolute Gasteiger partial charge is 0.497 e. The molecule has 1 aliphatic heterocycles. The zero-order valence-corrected chi connectivity index (χ0v) is 23.4. The molecule has 4 aromatic rings. The van der Waals surface area contributed by atoms with Gasteiger partial charge in [-0.1, -0.05) is 6.07 Å². The van der Waals surface area contributed by atoms with E-state index in [0.29, 0.717) is 10.9 Å². The number of anilines is 2. The third-order valence-electron chi connectivity index (χ3n) is 7.16. The van der Waals surface area contributed by atoms with Crippen molar-refractivity contribution < 1.29 is 9.47 Å². The van der Waals surface area contributed by atoms with Gasteiger partial charge in [0, 0.05) is 49.1 Å². The summed E-state index contributed by atoms with van der Waals surface area (Å²) in [5.74, 6) is 1.41. The Hall–Kier alpha value is -4.04. The third kappa shape index (κ3) is 4.45. The minimum atomic E-state index is -0.152. The summed E-state index contributed by atoms with van der Waals surface area (Å²) in [5, 5.41) is 4.18. The van der Waals surface area contributed by atoms with Gasteiger partial charge in [-0.05, 0) is 86.2 Å². The lowest BCUT2D eigenvalue weighted by Crippen LogP contribution is -2.30. The molecule has 196 valence electrons. The molecule has 1 aliphatic rings. The molecule has 0 aliphatic carbocycles. The number of nitrogens with one attached hydrogen (secondary N) is 1. The molecule has 7 nitrogen and oxygen atoms in total. The van der Waals surface area contributed by atoms with Gasteiger partial charge >= 0.3 is 0 Å². The first-order chi connectivity index (χ1) is 18.3. The van der Waals surface area contributed by atoms with E-state index in [1.165, 1.54) is 5.56 Å². The molecule has 0 unspecified atom stereocenters. The third-order valence-corrected chi connectivity index (χ3v) is 7.47. The SMILES string of the molecule is COc1ccc(N2C(=S)N[C@H](c3ccccn3)[C@H]2c2cc(C)n(-c3ccc(N(C)C)cc3)c2C)c(OC)c1. The summed E-state index contributed by atoms with van der Waals surface area (Å²) in [6.07, 6.45) is 1.82. The molecule has 2 aromatic heterocycles. The van der Waals surface area contributed by atoms with E-state index in [1.807, 2.05) is 42.6 Å². The van der Waals surface area contributed by atoms with Gasteiger partial charge in [-0.2, -0.15) is 0 Å². The molecule has 0 spiro atoms. The van der Waals surface area contributed by atoms with Crippen LogP contribution in [0.4, 0.5) is 11.4 Å². The first-order valence-electron chi connectivity index (χ1n) is 12.5. The molecular formula is C30H33N5O2S. The Morgan fingerprint density at radius 1 is 0.947 bits per heavy atom. The number of aromatic nitrogens is 2. The maximum atomic E-state index is 5.95. The van der Waals surface area contributed by atoms with Gasteiger partial charge in [-0.15, -0.1) is 0 Å². The second-order valence-corrected chi connectivity index (χ2v) is 9.99. The van der Waals surface area contributed by atoms with Crippen LogP contribution in [-0.2, 0) is 0 Å². The molecule has 1 N–H and O–H groups in total. The summed E-state index contributed by atoms with van der Waals surface area (Å²) >= 11 is 5.95. The van der Waals surface area contributed by atoms with Crippen molar-refractivity contribution in [3.05, 3.63) is 95.6 Å². The van der Waals surface area contributed by atoms with Gasteiger partial charge in [-0.3, -0.25) is 4.98 Å². The van der Waals surface area contributed by atoms with E-state index in [1.54, 1.807) is 14.2 Å². The lowest BCUT2D eigenvalue weighted by atomic mass is 9.96. The Balaban J connectivity index is 1.67. The molecule has 0 saturated carbocycles. The Bertz CT molecular complexity index is 1450. The van der Waals surface area contributed by atoms with E-state index in [-0.39, 0.29) is 12.1 Å². The van der Waals surface area contributed by atoms with E-state index in [0.717, 1.165) is 39.9 Å². The average molecular weight is 528 g/mol. The highest BCUT2D eigenvalue weighted by Crippen LogP contribution is 2.46. The second-order valence-electron chi connectivity index (χ2n) is 9.61. The van der Waals surface area contributed by atoms with Crippen LogP contribution >= 0.6 is 12.2 Å². The molecule has 0 bridgehead atoms. The molecule has 1 saturated heterocycles. The Morgan fingerprint density at radius 2 is 1.71 bits per heavy atom. The van der Waals surface area contributed by atoms with Crippen molar-refractivity contribution in [1.29, 1.82) is 0 Å². The molecule has 3 heterocycles. The lowest BCUT2D eigenvalue weighted by molar-refractivity contribution is 0.394. The number of ether oxygens (including phenoxy) is 2. The van der Waals surface area contributed by atoms with Gasteiger partial charge in [0.25, 0.3) is 0 Å². The van der Waals surface area contributed by atoms with E-state index in [4.69, 9.17) is 26.7 Å². The predicted molar refractivity (Wildman–Crippen MR) is 157 cm³/mol. The number of aryl methyl sites for hydroxylation is 1. The van der Waals surface area contributed by atoms with Crippen molar-refractivity contribution in [2.75, 3.05) is 38.1 Å². The van der Waals surface area contributed by atoms with Gasteiger partial charge in [0.2, 0.25) is 0 Å². The van der Waals surface area contributed by atoms with Crippen LogP contribution in [0, 0.1) is 13.8 Å². The fraction of sp³-hybridized carbons (Fsp3) is 0.267. The molecule has 38 heavy (non-hydrogen) atoms. The van der Waals surface area contributed by atoms with Gasteiger partial charge in [0.15, 0.2) is 5.11 Å². The van der Waals surface area contributed by atoms with Crippen molar-refractivity contribution in [1.82, 2.24) is 14.9 Å². The summed E-state index contributed by atoms with van der Waals surface area (Å²) in [4.78, 5) is 8.95. The summed E-state index contributed by atoms with van der Waals surface area (Å²) in [6, 6.07) is 22.4. The number of hydrogen-bond acceptors (Lipinski definition) is 5. The highest BCUT2D eigenvalue weighted by atomic mass is 32.1. The van der Waals surface area contributed by atoms with Crippen molar-refractivity contribution in [3.8, 4) is 17.2 Å². The van der Waals surface area contributed by atoms with Crippen LogP contribution in [0.1, 0.15) is 34.7 Å². The van der Waals surface area contributed by atoms with Crippen LogP contribution in [0.15, 0.2) is 72.9 Å². The fourth-order valence-corrected chi connectivity index (χ4v) is 5.64. The van der Waals surface area contributed by atoms with Crippen molar-refractivity contribution >= 4 is 28.7 Å². The van der Waals surface area contributed by atoms with Crippen molar-refractivity contribution in [2.24, 2.45) is 0 Å². The number of benzene rings is 2. The molecule has 2 atom stereocenters. The van der Waals surface area contributed by atoms with E-state index in [2.05, 4.69) is 78.0 Å². The molecule has 2 aromatic carbocycles. The van der Waals surface area contributed by atoms with Gasteiger partial charge in [0.05, 0.1) is 37.7 Å². The summed E-state index contributed by atoms with van der Waals surface area (Å²) < 4.78 is 13.5. The Labute approximate surface area is 229 Å². The van der Waals surface area contributed by atoms with Crippen LogP contribution in [0.25, 0.3) is 5.69 Å². The van der Waals surface area contributed by atoms with Gasteiger partial charge in [-0.25, -0.2) is 0 Å². The molecule has 0 radical (unpaired) electrons. The molecule has 8 heteroatoms. The number of thiocarbonyl (C=S) groups is 1. The Kier molecular flexibility index (Phi) is 6.99. The zero-order valence-electron chi connectivity index (χ0n) is 22.6. The number of methoxy groups -OCH3 is 2. The van der Waals surface area contributed by atoms with Crippen molar-refractivity contribution in [3.63, 3.8) is 0 Å². The van der Waals surface area contributed by atoms with Crippen LogP contribution in [0.3, 0.4) is 0 Å². The van der Waals surface area contributed by atoms with Gasteiger partial charge < -0.3 is 29.2 Å². The molecule has 5 rings (SSSR count). The molecular weight excluding hydrogens is 494 g/mol. The smallest absolute Gasteiger partial charge is 0.174 e. The first-order valence-corrected chi connectivity index (χ1v) is 12.9. The van der Waals surface area contributed by atoms with Crippen LogP contribution in [-0.4, -0.2) is 43.0 Å². The maximum absolute atomic E-state index is 5.95. The quantitative estimate of drug-likeness (QED) is 0.307. The standard InChI is InChI=1S/C30H33N5O2S/c1-19-17-24(20(2)34(19)22-12-10-21(11-13-22)33(3)4)29-28(25-9-7-8-16-31-25)32-30(38)35(29)26-15-14-23(36-5)18-27(26)37-6/h7-18,28-29H,1-6H3,(H,32,38)/t28-,29-/m1/s1. The summed E-state index contributed by atoms with van der Waals surface area (Å²) in [7, 11) is 7.42. The van der Waals surface area contributed by atoms with E-state index >= 15 is 0 Å². The maximum Gasteiger partial charge on any atom is 0.174 e. The number of pyridine rings is 1. The van der Waals surface area contributed by atoms with Gasteiger partial charge in [0.1, 0.15) is 11.5 Å². The molecule has 0 amide bonds.